The Hall–Kier alpha value is -1.85. The summed E-state index contributed by atoms with van der Waals surface area (Å²) in [5, 5.41) is 0. The van der Waals surface area contributed by atoms with Gasteiger partial charge in [0, 0.05) is 6.04 Å². The van der Waals surface area contributed by atoms with E-state index in [1.54, 1.807) is 6.07 Å². The largest absolute Gasteiger partial charge is 0.495 e. The second-order valence-electron chi connectivity index (χ2n) is 6.68. The van der Waals surface area contributed by atoms with E-state index in [1.807, 2.05) is 44.2 Å². The Kier molecular flexibility index (Phi) is 5.16. The molecule has 0 aromatic heterocycles. The van der Waals surface area contributed by atoms with Gasteiger partial charge in [0.15, 0.2) is 0 Å². The summed E-state index contributed by atoms with van der Waals surface area (Å²) in [6, 6.07) is 11.2. The third kappa shape index (κ3) is 3.72. The first-order valence-electron chi connectivity index (χ1n) is 8.70. The van der Waals surface area contributed by atoms with Crippen molar-refractivity contribution in [2.75, 3.05) is 7.11 Å². The molecule has 0 aliphatic heterocycles. The third-order valence-electron chi connectivity index (χ3n) is 4.90. The third-order valence-corrected chi connectivity index (χ3v) is 6.47. The van der Waals surface area contributed by atoms with Crippen LogP contribution in [-0.4, -0.2) is 15.5 Å². The lowest BCUT2D eigenvalue weighted by atomic mass is 9.92. The Bertz CT molecular complexity index is 875. The van der Waals surface area contributed by atoms with Gasteiger partial charge in [0.1, 0.15) is 10.6 Å². The van der Waals surface area contributed by atoms with Gasteiger partial charge < -0.3 is 4.74 Å². The predicted molar refractivity (Wildman–Crippen MR) is 99.6 cm³/mol. The summed E-state index contributed by atoms with van der Waals surface area (Å²) in [4.78, 5) is 0.232. The predicted octanol–water partition coefficient (Wildman–Crippen LogP) is 3.92. The number of methoxy groups -OCH3 is 1. The normalized spacial score (nSPS) is 15.5. The highest BCUT2D eigenvalue weighted by Crippen LogP contribution is 2.32. The maximum atomic E-state index is 13.0. The van der Waals surface area contributed by atoms with Gasteiger partial charge in [-0.2, -0.15) is 0 Å². The van der Waals surface area contributed by atoms with Crippen molar-refractivity contribution in [1.29, 1.82) is 0 Å². The first-order chi connectivity index (χ1) is 11.9. The van der Waals surface area contributed by atoms with Crippen molar-refractivity contribution in [2.45, 2.75) is 50.5 Å². The molecule has 0 heterocycles. The van der Waals surface area contributed by atoms with E-state index in [0.717, 1.165) is 42.4 Å². The van der Waals surface area contributed by atoms with Crippen LogP contribution in [0.25, 0.3) is 0 Å². The maximum absolute atomic E-state index is 13.0. The van der Waals surface area contributed by atoms with E-state index in [1.165, 1.54) is 12.7 Å². The first-order valence-corrected chi connectivity index (χ1v) is 10.2. The van der Waals surface area contributed by atoms with Crippen molar-refractivity contribution in [3.8, 4) is 5.75 Å². The lowest BCUT2D eigenvalue weighted by Crippen LogP contribution is -2.28. The van der Waals surface area contributed by atoms with Crippen LogP contribution in [-0.2, 0) is 22.9 Å². The van der Waals surface area contributed by atoms with E-state index in [2.05, 4.69) is 4.72 Å². The zero-order valence-electron chi connectivity index (χ0n) is 15.0. The van der Waals surface area contributed by atoms with Crippen LogP contribution >= 0.6 is 0 Å². The second-order valence-corrected chi connectivity index (χ2v) is 8.36. The minimum Gasteiger partial charge on any atom is -0.495 e. The summed E-state index contributed by atoms with van der Waals surface area (Å²) in [5.74, 6) is 0.421. The molecule has 2 aromatic carbocycles. The topological polar surface area (TPSA) is 55.4 Å². The number of aryl methyl sites for hydroxylation is 3. The molecular formula is C20H25NO3S. The minimum atomic E-state index is -3.68. The van der Waals surface area contributed by atoms with Crippen LogP contribution in [0.2, 0.25) is 0 Å². The lowest BCUT2D eigenvalue weighted by molar-refractivity contribution is 0.400. The Morgan fingerprint density at radius 3 is 2.36 bits per heavy atom. The highest BCUT2D eigenvalue weighted by atomic mass is 32.2. The van der Waals surface area contributed by atoms with Crippen molar-refractivity contribution in [3.63, 3.8) is 0 Å². The number of hydrogen-bond acceptors (Lipinski definition) is 3. The summed E-state index contributed by atoms with van der Waals surface area (Å²) in [6.45, 7) is 3.85. The summed E-state index contributed by atoms with van der Waals surface area (Å²) in [7, 11) is -2.15. The average molecular weight is 359 g/mol. The number of hydrogen-bond donors (Lipinski definition) is 1. The van der Waals surface area contributed by atoms with Gasteiger partial charge in [-0.1, -0.05) is 24.3 Å². The molecule has 4 nitrogen and oxygen atoms in total. The lowest BCUT2D eigenvalue weighted by Gasteiger charge is -2.21. The van der Waals surface area contributed by atoms with Gasteiger partial charge >= 0.3 is 0 Å². The molecule has 2 aromatic rings. The number of rotatable bonds is 5. The van der Waals surface area contributed by atoms with Gasteiger partial charge in [0.25, 0.3) is 0 Å². The molecule has 3 rings (SSSR count). The fraction of sp³-hybridized carbons (Fsp3) is 0.400. The zero-order valence-corrected chi connectivity index (χ0v) is 15.8. The van der Waals surface area contributed by atoms with E-state index in [4.69, 9.17) is 4.74 Å². The van der Waals surface area contributed by atoms with Gasteiger partial charge in [-0.3, -0.25) is 0 Å². The zero-order chi connectivity index (χ0) is 18.0. The first kappa shape index (κ1) is 18.0. The Labute approximate surface area is 150 Å². The number of sulfonamides is 1. The quantitative estimate of drug-likeness (QED) is 0.880. The fourth-order valence-corrected chi connectivity index (χ4v) is 4.97. The van der Waals surface area contributed by atoms with E-state index >= 15 is 0 Å². The Balaban J connectivity index is 1.95. The van der Waals surface area contributed by atoms with Crippen LogP contribution < -0.4 is 9.46 Å². The van der Waals surface area contributed by atoms with Crippen LogP contribution in [0.3, 0.4) is 0 Å². The van der Waals surface area contributed by atoms with Gasteiger partial charge in [-0.25, -0.2) is 13.1 Å². The molecule has 1 aliphatic carbocycles. The van der Waals surface area contributed by atoms with E-state index < -0.39 is 10.0 Å². The molecule has 0 saturated carbocycles. The molecule has 0 bridgehead atoms. The highest BCUT2D eigenvalue weighted by molar-refractivity contribution is 7.89. The van der Waals surface area contributed by atoms with Crippen molar-refractivity contribution in [2.24, 2.45) is 0 Å². The van der Waals surface area contributed by atoms with E-state index in [9.17, 15) is 8.42 Å². The molecule has 1 aliphatic rings. The molecule has 1 N–H and O–H groups in total. The standard InChI is InChI=1S/C20H25NO3S/c1-14-8-4-7-11-18(14)15(2)21-25(22,23)20-13-17-10-6-5-9-16(17)12-19(20)24-3/h4,7-8,11-13,15,21H,5-6,9-10H2,1-3H3. The van der Waals surface area contributed by atoms with Crippen molar-refractivity contribution >= 4 is 10.0 Å². The van der Waals surface area contributed by atoms with Crippen LogP contribution in [0.4, 0.5) is 0 Å². The molecule has 0 radical (unpaired) electrons. The minimum absolute atomic E-state index is 0.232. The highest BCUT2D eigenvalue weighted by Gasteiger charge is 2.25. The Morgan fingerprint density at radius 1 is 1.08 bits per heavy atom. The van der Waals surface area contributed by atoms with Crippen LogP contribution in [0.5, 0.6) is 5.75 Å². The molecule has 1 atom stereocenters. The van der Waals surface area contributed by atoms with Crippen molar-refractivity contribution in [3.05, 3.63) is 58.7 Å². The fourth-order valence-electron chi connectivity index (χ4n) is 3.54. The van der Waals surface area contributed by atoms with Crippen LogP contribution in [0.1, 0.15) is 48.1 Å². The van der Waals surface area contributed by atoms with E-state index in [-0.39, 0.29) is 10.9 Å². The molecule has 5 heteroatoms. The molecule has 134 valence electrons. The second kappa shape index (κ2) is 7.18. The van der Waals surface area contributed by atoms with Gasteiger partial charge in [-0.05, 0) is 73.9 Å². The van der Waals surface area contributed by atoms with Gasteiger partial charge in [0.2, 0.25) is 10.0 Å². The smallest absolute Gasteiger partial charge is 0.244 e. The summed E-state index contributed by atoms with van der Waals surface area (Å²) >= 11 is 0. The number of benzene rings is 2. The summed E-state index contributed by atoms with van der Waals surface area (Å²) < 4.78 is 34.2. The van der Waals surface area contributed by atoms with E-state index in [0.29, 0.717) is 5.75 Å². The molecule has 0 saturated heterocycles. The Morgan fingerprint density at radius 2 is 1.72 bits per heavy atom. The number of fused-ring (bicyclic) bond motifs is 1. The van der Waals surface area contributed by atoms with Crippen LogP contribution in [0.15, 0.2) is 41.3 Å². The molecule has 1 unspecified atom stereocenters. The van der Waals surface area contributed by atoms with Crippen molar-refractivity contribution < 1.29 is 13.2 Å². The molecule has 0 spiro atoms. The molecular weight excluding hydrogens is 334 g/mol. The average Bonchev–Trinajstić information content (AvgIpc) is 2.60. The number of nitrogens with one attached hydrogen (secondary N) is 1. The van der Waals surface area contributed by atoms with Gasteiger partial charge in [-0.15, -0.1) is 0 Å². The maximum Gasteiger partial charge on any atom is 0.244 e. The van der Waals surface area contributed by atoms with Gasteiger partial charge in [0.05, 0.1) is 7.11 Å². The monoisotopic (exact) mass is 359 g/mol. The molecule has 25 heavy (non-hydrogen) atoms. The summed E-state index contributed by atoms with van der Waals surface area (Å²) in [5.41, 5.74) is 4.36. The number of ether oxygens (including phenoxy) is 1. The molecule has 0 fully saturated rings. The molecule has 0 amide bonds. The van der Waals surface area contributed by atoms with Crippen molar-refractivity contribution in [1.82, 2.24) is 4.72 Å². The van der Waals surface area contributed by atoms with Crippen LogP contribution in [0, 0.1) is 6.92 Å². The summed E-state index contributed by atoms with van der Waals surface area (Å²) in [6.07, 6.45) is 4.16. The SMILES string of the molecule is COc1cc2c(cc1S(=O)(=O)NC(C)c1ccccc1C)CCCC2.